The lowest BCUT2D eigenvalue weighted by atomic mass is 10.2. The fraction of sp³-hybridized carbons (Fsp3) is 0.333. The number of aromatic nitrogens is 5. The molecule has 7 nitrogen and oxygen atoms in total. The number of nitrogens with zero attached hydrogens (tertiary/aromatic N) is 5. The third-order valence-electron chi connectivity index (χ3n) is 1.83. The maximum Gasteiger partial charge on any atom is 0.156 e. The van der Waals surface area contributed by atoms with Gasteiger partial charge in [0.15, 0.2) is 5.82 Å². The van der Waals surface area contributed by atoms with E-state index in [1.165, 1.54) is 11.5 Å². The lowest BCUT2D eigenvalue weighted by molar-refractivity contribution is 0.585. The molecule has 0 saturated heterocycles. The molecule has 0 amide bonds. The maximum atomic E-state index is 5.44. The second-order valence-corrected chi connectivity index (χ2v) is 3.54. The van der Waals surface area contributed by atoms with Crippen molar-refractivity contribution in [2.24, 2.45) is 12.9 Å². The lowest BCUT2D eigenvalue weighted by Crippen LogP contribution is -2.30. The number of hydrogen-bond acceptors (Lipinski definition) is 7. The van der Waals surface area contributed by atoms with Crippen LogP contribution in [0, 0.1) is 0 Å². The Labute approximate surface area is 84.1 Å². The highest BCUT2D eigenvalue weighted by Crippen LogP contribution is 2.20. The Morgan fingerprint density at radius 2 is 2.43 bits per heavy atom. The summed E-state index contributed by atoms with van der Waals surface area (Å²) < 4.78 is 5.57. The van der Waals surface area contributed by atoms with Crippen molar-refractivity contribution >= 4 is 11.5 Å². The fourth-order valence-corrected chi connectivity index (χ4v) is 1.70. The van der Waals surface area contributed by atoms with Crippen LogP contribution in [0.15, 0.2) is 12.5 Å². The van der Waals surface area contributed by atoms with E-state index in [1.54, 1.807) is 17.1 Å². The molecule has 0 aliphatic heterocycles. The first-order valence-electron chi connectivity index (χ1n) is 3.90. The molecule has 0 bridgehead atoms. The van der Waals surface area contributed by atoms with Gasteiger partial charge in [0.05, 0.1) is 11.1 Å². The summed E-state index contributed by atoms with van der Waals surface area (Å²) in [7, 11) is 1.86. The van der Waals surface area contributed by atoms with Gasteiger partial charge >= 0.3 is 0 Å². The predicted molar refractivity (Wildman–Crippen MR) is 50.1 cm³/mol. The Balaban J connectivity index is 2.36. The molecular weight excluding hydrogens is 202 g/mol. The van der Waals surface area contributed by atoms with Crippen LogP contribution in [0.2, 0.25) is 0 Å². The highest BCUT2D eigenvalue weighted by molar-refractivity contribution is 7.05. The Kier molecular flexibility index (Phi) is 2.48. The van der Waals surface area contributed by atoms with E-state index in [0.717, 1.165) is 10.7 Å². The minimum absolute atomic E-state index is 0.206. The highest BCUT2D eigenvalue weighted by atomic mass is 32.1. The Bertz CT molecular complexity index is 394. The molecule has 0 saturated carbocycles. The monoisotopic (exact) mass is 211 g/mol. The van der Waals surface area contributed by atoms with Crippen LogP contribution >= 0.6 is 11.5 Å². The smallest absolute Gasteiger partial charge is 0.156 e. The molecule has 74 valence electrons. The zero-order chi connectivity index (χ0) is 9.97. The molecule has 0 radical (unpaired) electrons. The summed E-state index contributed by atoms with van der Waals surface area (Å²) in [6.07, 6.45) is 3.28. The van der Waals surface area contributed by atoms with E-state index in [4.69, 9.17) is 5.84 Å². The normalized spacial score (nSPS) is 13.0. The zero-order valence-corrected chi connectivity index (χ0v) is 8.27. The molecule has 0 spiro atoms. The summed E-state index contributed by atoms with van der Waals surface area (Å²) in [4.78, 5) is 0.906. The van der Waals surface area contributed by atoms with Gasteiger partial charge in [-0.15, -0.1) is 15.3 Å². The summed E-state index contributed by atoms with van der Waals surface area (Å²) >= 11 is 1.28. The number of aryl methyl sites for hydroxylation is 1. The summed E-state index contributed by atoms with van der Waals surface area (Å²) in [5.74, 6) is 6.18. The van der Waals surface area contributed by atoms with Gasteiger partial charge in [-0.3, -0.25) is 5.84 Å². The van der Waals surface area contributed by atoms with Crippen molar-refractivity contribution in [1.82, 2.24) is 29.8 Å². The van der Waals surface area contributed by atoms with Gasteiger partial charge in [-0.05, 0) is 11.5 Å². The minimum Gasteiger partial charge on any atom is -0.319 e. The topological polar surface area (TPSA) is 94.5 Å². The van der Waals surface area contributed by atoms with E-state index in [1.807, 2.05) is 7.05 Å². The zero-order valence-electron chi connectivity index (χ0n) is 7.45. The molecule has 2 heterocycles. The van der Waals surface area contributed by atoms with E-state index >= 15 is 0 Å². The standard InChI is InChI=1S/C6H9N7S/c1-13-3-9-11-6(13)5(10-7)4-2-8-12-14-4/h2-3,5,10H,7H2,1H3. The summed E-state index contributed by atoms with van der Waals surface area (Å²) in [5, 5.41) is 11.5. The van der Waals surface area contributed by atoms with Crippen LogP contribution in [-0.2, 0) is 7.05 Å². The van der Waals surface area contributed by atoms with Gasteiger partial charge in [0.25, 0.3) is 0 Å². The molecule has 14 heavy (non-hydrogen) atoms. The van der Waals surface area contributed by atoms with Crippen LogP contribution in [0.1, 0.15) is 16.7 Å². The molecule has 1 unspecified atom stereocenters. The number of nitrogens with one attached hydrogen (secondary N) is 1. The highest BCUT2D eigenvalue weighted by Gasteiger charge is 2.19. The van der Waals surface area contributed by atoms with Crippen molar-refractivity contribution in [3.05, 3.63) is 23.2 Å². The summed E-state index contributed by atoms with van der Waals surface area (Å²) in [6.45, 7) is 0. The number of hydrazine groups is 1. The molecule has 2 rings (SSSR count). The van der Waals surface area contributed by atoms with E-state index in [2.05, 4.69) is 25.2 Å². The Morgan fingerprint density at radius 1 is 1.57 bits per heavy atom. The van der Waals surface area contributed by atoms with Crippen molar-refractivity contribution in [2.45, 2.75) is 6.04 Å². The maximum absolute atomic E-state index is 5.44. The van der Waals surface area contributed by atoms with Crippen LogP contribution < -0.4 is 11.3 Å². The van der Waals surface area contributed by atoms with Crippen molar-refractivity contribution in [3.63, 3.8) is 0 Å². The molecule has 0 aliphatic carbocycles. The predicted octanol–water partition coefficient (Wildman–Crippen LogP) is -0.781. The lowest BCUT2D eigenvalue weighted by Gasteiger charge is -2.11. The Hall–Kier alpha value is -1.38. The number of nitrogens with two attached hydrogens (primary N) is 1. The van der Waals surface area contributed by atoms with Crippen molar-refractivity contribution in [2.75, 3.05) is 0 Å². The first kappa shape index (κ1) is 9.19. The van der Waals surface area contributed by atoms with E-state index in [0.29, 0.717) is 0 Å². The van der Waals surface area contributed by atoms with Crippen molar-refractivity contribution in [1.29, 1.82) is 0 Å². The average Bonchev–Trinajstić information content (AvgIpc) is 2.80. The third-order valence-corrected chi connectivity index (χ3v) is 2.56. The van der Waals surface area contributed by atoms with Crippen LogP contribution in [0.5, 0.6) is 0 Å². The quantitative estimate of drug-likeness (QED) is 0.511. The molecule has 1 atom stereocenters. The molecule has 0 aliphatic rings. The van der Waals surface area contributed by atoms with E-state index in [9.17, 15) is 0 Å². The average molecular weight is 211 g/mol. The second-order valence-electron chi connectivity index (χ2n) is 2.72. The molecule has 0 fully saturated rings. The second kappa shape index (κ2) is 3.78. The molecule has 2 aromatic rings. The van der Waals surface area contributed by atoms with Crippen LogP contribution in [0.4, 0.5) is 0 Å². The van der Waals surface area contributed by atoms with E-state index in [-0.39, 0.29) is 6.04 Å². The largest absolute Gasteiger partial charge is 0.319 e. The van der Waals surface area contributed by atoms with Gasteiger partial charge in [-0.25, -0.2) is 5.43 Å². The summed E-state index contributed by atoms with van der Waals surface area (Å²) in [6, 6.07) is -0.206. The van der Waals surface area contributed by atoms with Crippen molar-refractivity contribution < 1.29 is 0 Å². The van der Waals surface area contributed by atoms with Gasteiger partial charge in [-0.2, -0.15) is 0 Å². The van der Waals surface area contributed by atoms with Crippen molar-refractivity contribution in [3.8, 4) is 0 Å². The van der Waals surface area contributed by atoms with E-state index < -0.39 is 0 Å². The molecule has 0 aromatic carbocycles. The first-order chi connectivity index (χ1) is 6.83. The summed E-state index contributed by atoms with van der Waals surface area (Å²) in [5.41, 5.74) is 2.65. The van der Waals surface area contributed by atoms with Gasteiger partial charge in [-0.1, -0.05) is 4.49 Å². The number of hydrogen-bond donors (Lipinski definition) is 2. The third kappa shape index (κ3) is 1.50. The van der Waals surface area contributed by atoms with Crippen LogP contribution in [0.3, 0.4) is 0 Å². The minimum atomic E-state index is -0.206. The van der Waals surface area contributed by atoms with Gasteiger partial charge in [0.2, 0.25) is 0 Å². The fourth-order valence-electron chi connectivity index (χ4n) is 1.14. The molecular formula is C6H9N7S. The van der Waals surface area contributed by atoms with Gasteiger partial charge in [0, 0.05) is 7.05 Å². The molecule has 3 N–H and O–H groups in total. The van der Waals surface area contributed by atoms with Crippen LogP contribution in [0.25, 0.3) is 0 Å². The molecule has 8 heteroatoms. The first-order valence-corrected chi connectivity index (χ1v) is 4.67. The number of rotatable bonds is 3. The van der Waals surface area contributed by atoms with Gasteiger partial charge < -0.3 is 4.57 Å². The van der Waals surface area contributed by atoms with Crippen LogP contribution in [-0.4, -0.2) is 24.4 Å². The Morgan fingerprint density at radius 3 is 2.93 bits per heavy atom. The molecule has 2 aromatic heterocycles. The SMILES string of the molecule is Cn1cnnc1C(NN)c1cnns1. The van der Waals surface area contributed by atoms with Gasteiger partial charge in [0.1, 0.15) is 12.4 Å².